The van der Waals surface area contributed by atoms with Crippen molar-refractivity contribution in [1.82, 2.24) is 19.7 Å². The molecule has 1 aliphatic rings. The molecule has 1 fully saturated rings. The van der Waals surface area contributed by atoms with Gasteiger partial charge in [-0.05, 0) is 12.8 Å². The van der Waals surface area contributed by atoms with E-state index >= 15 is 0 Å². The number of aromatic nitrogens is 3. The van der Waals surface area contributed by atoms with Gasteiger partial charge in [-0.15, -0.1) is 10.2 Å². The highest BCUT2D eigenvalue weighted by molar-refractivity contribution is 5.73. The highest BCUT2D eigenvalue weighted by atomic mass is 16.2. The van der Waals surface area contributed by atoms with Crippen LogP contribution in [0, 0.1) is 0 Å². The molecule has 82 valence electrons. The topological polar surface area (TPSA) is 51.0 Å². The highest BCUT2D eigenvalue weighted by Gasteiger charge is 2.25. The van der Waals surface area contributed by atoms with E-state index in [-0.39, 0.29) is 5.91 Å². The Kier molecular flexibility index (Phi) is 2.70. The molecule has 0 N–H and O–H groups in total. The molecule has 1 atom stereocenters. The van der Waals surface area contributed by atoms with Crippen molar-refractivity contribution in [2.75, 3.05) is 13.1 Å². The van der Waals surface area contributed by atoms with Gasteiger partial charge in [-0.2, -0.15) is 0 Å². The zero-order valence-corrected chi connectivity index (χ0v) is 9.18. The predicted octanol–water partition coefficient (Wildman–Crippen LogP) is 0.541. The number of carbonyl (C=O) groups excluding carboxylic acids is 1. The van der Waals surface area contributed by atoms with Gasteiger partial charge in [-0.3, -0.25) is 4.79 Å². The average Bonchev–Trinajstić information content (AvgIpc) is 2.64. The van der Waals surface area contributed by atoms with Crippen LogP contribution in [-0.2, 0) is 11.8 Å². The SMILES string of the molecule is CC(=O)N1CCC[C@@H](c2nncn2C)C1. The van der Waals surface area contributed by atoms with Crippen molar-refractivity contribution >= 4 is 5.91 Å². The zero-order chi connectivity index (χ0) is 10.8. The Morgan fingerprint density at radius 1 is 1.60 bits per heavy atom. The molecule has 15 heavy (non-hydrogen) atoms. The highest BCUT2D eigenvalue weighted by Crippen LogP contribution is 2.24. The first kappa shape index (κ1) is 10.1. The summed E-state index contributed by atoms with van der Waals surface area (Å²) >= 11 is 0. The van der Waals surface area contributed by atoms with Crippen molar-refractivity contribution in [2.45, 2.75) is 25.7 Å². The second-order valence-corrected chi connectivity index (χ2v) is 4.10. The maximum atomic E-state index is 11.3. The molecule has 2 rings (SSSR count). The summed E-state index contributed by atoms with van der Waals surface area (Å²) in [6.45, 7) is 3.28. The number of hydrogen-bond acceptors (Lipinski definition) is 3. The average molecular weight is 208 g/mol. The Hall–Kier alpha value is -1.39. The van der Waals surface area contributed by atoms with E-state index in [0.29, 0.717) is 5.92 Å². The van der Waals surface area contributed by atoms with E-state index in [4.69, 9.17) is 0 Å². The Morgan fingerprint density at radius 2 is 2.40 bits per heavy atom. The molecule has 1 aromatic rings. The van der Waals surface area contributed by atoms with Gasteiger partial charge in [-0.1, -0.05) is 0 Å². The molecule has 0 bridgehead atoms. The van der Waals surface area contributed by atoms with Crippen LogP contribution < -0.4 is 0 Å². The molecule has 5 nitrogen and oxygen atoms in total. The standard InChI is InChI=1S/C10H16N4O/c1-8(15)14-5-3-4-9(6-14)10-12-11-7-13(10)2/h7,9H,3-6H2,1-2H3/t9-/m1/s1. The molecular weight excluding hydrogens is 192 g/mol. The summed E-state index contributed by atoms with van der Waals surface area (Å²) in [6.07, 6.45) is 3.86. The minimum atomic E-state index is 0.155. The maximum absolute atomic E-state index is 11.3. The van der Waals surface area contributed by atoms with E-state index in [2.05, 4.69) is 10.2 Å². The quantitative estimate of drug-likeness (QED) is 0.677. The third kappa shape index (κ3) is 2.00. The fourth-order valence-electron chi connectivity index (χ4n) is 2.14. The number of hydrogen-bond donors (Lipinski definition) is 0. The molecule has 5 heteroatoms. The minimum absolute atomic E-state index is 0.155. The number of rotatable bonds is 1. The van der Waals surface area contributed by atoms with Gasteiger partial charge in [0, 0.05) is 33.0 Å². The molecule has 0 aliphatic carbocycles. The van der Waals surface area contributed by atoms with Crippen molar-refractivity contribution in [3.63, 3.8) is 0 Å². The molecule has 2 heterocycles. The summed E-state index contributed by atoms with van der Waals surface area (Å²) in [4.78, 5) is 13.2. The van der Waals surface area contributed by atoms with Gasteiger partial charge in [-0.25, -0.2) is 0 Å². The third-order valence-corrected chi connectivity index (χ3v) is 2.98. The van der Waals surface area contributed by atoms with Gasteiger partial charge in [0.05, 0.1) is 0 Å². The van der Waals surface area contributed by atoms with Crippen molar-refractivity contribution < 1.29 is 4.79 Å². The lowest BCUT2D eigenvalue weighted by atomic mass is 9.97. The van der Waals surface area contributed by atoms with Crippen LogP contribution in [-0.4, -0.2) is 38.7 Å². The van der Waals surface area contributed by atoms with E-state index in [9.17, 15) is 4.79 Å². The molecule has 1 aliphatic heterocycles. The Morgan fingerprint density at radius 3 is 3.00 bits per heavy atom. The maximum Gasteiger partial charge on any atom is 0.219 e. The fourth-order valence-corrected chi connectivity index (χ4v) is 2.14. The summed E-state index contributed by atoms with van der Waals surface area (Å²) in [7, 11) is 1.95. The van der Waals surface area contributed by atoms with E-state index in [1.54, 1.807) is 13.3 Å². The van der Waals surface area contributed by atoms with E-state index in [1.807, 2.05) is 16.5 Å². The monoisotopic (exact) mass is 208 g/mol. The number of carbonyl (C=O) groups is 1. The van der Waals surface area contributed by atoms with Crippen LogP contribution in [0.2, 0.25) is 0 Å². The number of amides is 1. The van der Waals surface area contributed by atoms with Crippen molar-refractivity contribution in [1.29, 1.82) is 0 Å². The van der Waals surface area contributed by atoms with E-state index in [0.717, 1.165) is 31.8 Å². The molecule has 0 unspecified atom stereocenters. The van der Waals surface area contributed by atoms with Crippen LogP contribution in [0.5, 0.6) is 0 Å². The summed E-state index contributed by atoms with van der Waals surface area (Å²) in [5.41, 5.74) is 0. The first-order valence-electron chi connectivity index (χ1n) is 5.28. The van der Waals surface area contributed by atoms with Crippen molar-refractivity contribution in [3.8, 4) is 0 Å². The molecular formula is C10H16N4O. The molecule has 0 aromatic carbocycles. The number of piperidine rings is 1. The predicted molar refractivity (Wildman–Crippen MR) is 55.2 cm³/mol. The number of aryl methyl sites for hydroxylation is 1. The van der Waals surface area contributed by atoms with Crippen LogP contribution in [0.15, 0.2) is 6.33 Å². The first-order valence-corrected chi connectivity index (χ1v) is 5.28. The van der Waals surface area contributed by atoms with Gasteiger partial charge < -0.3 is 9.47 Å². The van der Waals surface area contributed by atoms with Crippen LogP contribution in [0.1, 0.15) is 31.5 Å². The zero-order valence-electron chi connectivity index (χ0n) is 9.18. The van der Waals surface area contributed by atoms with Gasteiger partial charge in [0.25, 0.3) is 0 Å². The summed E-state index contributed by atoms with van der Waals surface area (Å²) in [5.74, 6) is 1.48. The van der Waals surface area contributed by atoms with Crippen LogP contribution in [0.25, 0.3) is 0 Å². The summed E-state index contributed by atoms with van der Waals surface area (Å²) in [6, 6.07) is 0. The smallest absolute Gasteiger partial charge is 0.219 e. The Labute approximate surface area is 89.1 Å². The lowest BCUT2D eigenvalue weighted by Gasteiger charge is -2.31. The van der Waals surface area contributed by atoms with Gasteiger partial charge in [0.15, 0.2) is 0 Å². The summed E-state index contributed by atoms with van der Waals surface area (Å²) in [5, 5.41) is 7.98. The Balaban J connectivity index is 2.11. The molecule has 0 spiro atoms. The lowest BCUT2D eigenvalue weighted by Crippen LogP contribution is -2.38. The van der Waals surface area contributed by atoms with Crippen LogP contribution in [0.3, 0.4) is 0 Å². The van der Waals surface area contributed by atoms with Crippen molar-refractivity contribution in [2.24, 2.45) is 7.05 Å². The van der Waals surface area contributed by atoms with Crippen LogP contribution in [0.4, 0.5) is 0 Å². The van der Waals surface area contributed by atoms with Gasteiger partial charge >= 0.3 is 0 Å². The third-order valence-electron chi connectivity index (χ3n) is 2.98. The molecule has 1 amide bonds. The second kappa shape index (κ2) is 4.00. The minimum Gasteiger partial charge on any atom is -0.342 e. The molecule has 1 aromatic heterocycles. The van der Waals surface area contributed by atoms with Crippen molar-refractivity contribution in [3.05, 3.63) is 12.2 Å². The molecule has 0 saturated carbocycles. The number of nitrogens with zero attached hydrogens (tertiary/aromatic N) is 4. The van der Waals surface area contributed by atoms with Gasteiger partial charge in [0.2, 0.25) is 5.91 Å². The second-order valence-electron chi connectivity index (χ2n) is 4.10. The number of likely N-dealkylation sites (tertiary alicyclic amines) is 1. The molecule has 1 saturated heterocycles. The first-order chi connectivity index (χ1) is 7.18. The van der Waals surface area contributed by atoms with Gasteiger partial charge in [0.1, 0.15) is 12.2 Å². The fraction of sp³-hybridized carbons (Fsp3) is 0.700. The van der Waals surface area contributed by atoms with E-state index < -0.39 is 0 Å². The van der Waals surface area contributed by atoms with E-state index in [1.165, 1.54) is 0 Å². The summed E-state index contributed by atoms with van der Waals surface area (Å²) < 4.78 is 1.94. The lowest BCUT2D eigenvalue weighted by molar-refractivity contribution is -0.130. The molecule has 0 radical (unpaired) electrons. The Bertz CT molecular complexity index is 360. The largest absolute Gasteiger partial charge is 0.342 e. The van der Waals surface area contributed by atoms with Crippen LogP contribution >= 0.6 is 0 Å². The normalized spacial score (nSPS) is 21.7.